The smallest absolute Gasteiger partial charge is 0.184 e. The van der Waals surface area contributed by atoms with Gasteiger partial charge in [-0.25, -0.2) is 0 Å². The number of nitrogens with two attached hydrogens (primary N) is 1. The van der Waals surface area contributed by atoms with E-state index in [9.17, 15) is 0 Å². The lowest BCUT2D eigenvalue weighted by Gasteiger charge is -2.25. The van der Waals surface area contributed by atoms with Crippen LogP contribution in [0, 0.1) is 11.8 Å². The van der Waals surface area contributed by atoms with Crippen molar-refractivity contribution in [3.8, 4) is 0 Å². The van der Waals surface area contributed by atoms with Crippen LogP contribution in [0.25, 0.3) is 0 Å². The maximum Gasteiger partial charge on any atom is 0.184 e. The van der Waals surface area contributed by atoms with E-state index >= 15 is 0 Å². The van der Waals surface area contributed by atoms with E-state index in [0.717, 1.165) is 12.8 Å². The first kappa shape index (κ1) is 15.9. The van der Waals surface area contributed by atoms with Crippen molar-refractivity contribution in [1.82, 2.24) is 5.43 Å². The van der Waals surface area contributed by atoms with Crippen LogP contribution in [0.15, 0.2) is 28.4 Å². The molecular weight excluding hydrogens is 254 g/mol. The zero-order chi connectivity index (χ0) is 14.3. The third-order valence-corrected chi connectivity index (χ3v) is 3.54. The van der Waals surface area contributed by atoms with Crippen LogP contribution in [-0.4, -0.2) is 11.3 Å². The van der Waals surface area contributed by atoms with Gasteiger partial charge in [0.15, 0.2) is 5.11 Å². The molecule has 1 rings (SSSR count). The molecule has 4 heteroatoms. The largest absolute Gasteiger partial charge is 0.375 e. The molecule has 0 aliphatic heterocycles. The monoisotopic (exact) mass is 279 g/mol. The summed E-state index contributed by atoms with van der Waals surface area (Å²) >= 11 is 4.71. The van der Waals surface area contributed by atoms with E-state index in [1.165, 1.54) is 18.4 Å². The van der Waals surface area contributed by atoms with Gasteiger partial charge in [0.1, 0.15) is 0 Å². The highest BCUT2D eigenvalue weighted by Gasteiger charge is 2.20. The van der Waals surface area contributed by atoms with Crippen LogP contribution in [0.4, 0.5) is 0 Å². The molecule has 0 spiro atoms. The molecule has 2 unspecified atom stereocenters. The van der Waals surface area contributed by atoms with Gasteiger partial charge in [0, 0.05) is 12.1 Å². The number of thiocarbonyl (C=S) groups is 1. The summed E-state index contributed by atoms with van der Waals surface area (Å²) in [4.78, 5) is 0. The summed E-state index contributed by atoms with van der Waals surface area (Å²) in [7, 11) is 0. The normalized spacial score (nSPS) is 23.0. The van der Waals surface area contributed by atoms with Crippen molar-refractivity contribution in [3.05, 3.63) is 23.3 Å². The third-order valence-electron chi connectivity index (χ3n) is 3.45. The van der Waals surface area contributed by atoms with Crippen molar-refractivity contribution in [2.75, 3.05) is 0 Å². The molecule has 1 aliphatic rings. The summed E-state index contributed by atoms with van der Waals surface area (Å²) in [5, 5.41) is 4.30. The lowest BCUT2D eigenvalue weighted by molar-refractivity contribution is 0.430. The summed E-state index contributed by atoms with van der Waals surface area (Å²) in [5.74, 6) is 1.11. The number of nitrogens with one attached hydrogen (secondary N) is 1. The van der Waals surface area contributed by atoms with Crippen LogP contribution in [-0.2, 0) is 0 Å². The molecule has 0 fully saturated rings. The Labute approximate surface area is 122 Å². The van der Waals surface area contributed by atoms with Crippen molar-refractivity contribution in [1.29, 1.82) is 0 Å². The van der Waals surface area contributed by atoms with Gasteiger partial charge in [0.25, 0.3) is 0 Å². The second kappa shape index (κ2) is 8.10. The van der Waals surface area contributed by atoms with Crippen molar-refractivity contribution in [2.24, 2.45) is 22.7 Å². The SMILES string of the molecule is CC(C)=CCCC1=CCC(C=NNC(N)=S)C(C)C1. The minimum absolute atomic E-state index is 0.220. The van der Waals surface area contributed by atoms with Gasteiger partial charge in [0.05, 0.1) is 0 Å². The average molecular weight is 279 g/mol. The zero-order valence-electron chi connectivity index (χ0n) is 12.1. The van der Waals surface area contributed by atoms with Gasteiger partial charge in [-0.15, -0.1) is 0 Å². The van der Waals surface area contributed by atoms with Gasteiger partial charge in [-0.05, 0) is 57.7 Å². The van der Waals surface area contributed by atoms with E-state index in [2.05, 4.69) is 43.5 Å². The van der Waals surface area contributed by atoms with Crippen molar-refractivity contribution < 1.29 is 0 Å². The van der Waals surface area contributed by atoms with E-state index in [1.807, 2.05) is 6.21 Å². The van der Waals surface area contributed by atoms with Crippen LogP contribution in [0.3, 0.4) is 0 Å². The van der Waals surface area contributed by atoms with Gasteiger partial charge in [-0.2, -0.15) is 5.10 Å². The van der Waals surface area contributed by atoms with Crippen molar-refractivity contribution >= 4 is 23.5 Å². The van der Waals surface area contributed by atoms with Crippen LogP contribution in [0.2, 0.25) is 0 Å². The summed E-state index contributed by atoms with van der Waals surface area (Å²) < 4.78 is 0. The average Bonchev–Trinajstić information content (AvgIpc) is 2.31. The molecule has 0 radical (unpaired) electrons. The Morgan fingerprint density at radius 2 is 2.32 bits per heavy atom. The standard InChI is InChI=1S/C15H25N3S/c1-11(2)5-4-6-13-7-8-14(12(3)9-13)10-17-18-15(16)19/h5,7,10,12,14H,4,6,8-9H2,1-3H3,(H3,16,18,19). The first-order valence-electron chi connectivity index (χ1n) is 6.89. The second-order valence-corrected chi connectivity index (χ2v) is 5.96. The maximum atomic E-state index is 5.33. The van der Waals surface area contributed by atoms with Crippen LogP contribution >= 0.6 is 12.2 Å². The second-order valence-electron chi connectivity index (χ2n) is 5.52. The van der Waals surface area contributed by atoms with Gasteiger partial charge < -0.3 is 5.73 Å². The fraction of sp³-hybridized carbons (Fsp3) is 0.600. The Hall–Kier alpha value is -1.16. The number of hydrazone groups is 1. The summed E-state index contributed by atoms with van der Waals surface area (Å²) in [6.45, 7) is 6.59. The Balaban J connectivity index is 2.43. The minimum atomic E-state index is 0.220. The molecule has 2 atom stereocenters. The zero-order valence-corrected chi connectivity index (χ0v) is 13.0. The van der Waals surface area contributed by atoms with E-state index in [4.69, 9.17) is 18.0 Å². The number of hydrogen-bond donors (Lipinski definition) is 2. The predicted molar refractivity (Wildman–Crippen MR) is 87.0 cm³/mol. The Morgan fingerprint density at radius 3 is 2.89 bits per heavy atom. The highest BCUT2D eigenvalue weighted by atomic mass is 32.1. The number of rotatable bonds is 5. The van der Waals surface area contributed by atoms with Crippen LogP contribution in [0.1, 0.15) is 46.5 Å². The Bertz CT molecular complexity index is 392. The van der Waals surface area contributed by atoms with E-state index in [-0.39, 0.29) is 5.11 Å². The molecule has 0 aromatic rings. The molecule has 0 saturated carbocycles. The van der Waals surface area contributed by atoms with Gasteiger partial charge >= 0.3 is 0 Å². The fourth-order valence-corrected chi connectivity index (χ4v) is 2.39. The molecule has 0 aromatic carbocycles. The summed E-state index contributed by atoms with van der Waals surface area (Å²) in [6.07, 6.45) is 11.2. The molecule has 0 saturated heterocycles. The molecule has 1 aliphatic carbocycles. The first-order chi connectivity index (χ1) is 8.99. The summed E-state index contributed by atoms with van der Waals surface area (Å²) in [5.41, 5.74) is 10.9. The first-order valence-corrected chi connectivity index (χ1v) is 7.29. The molecule has 0 aromatic heterocycles. The predicted octanol–water partition coefficient (Wildman–Crippen LogP) is 3.52. The third kappa shape index (κ3) is 6.53. The maximum absolute atomic E-state index is 5.33. The molecule has 0 amide bonds. The van der Waals surface area contributed by atoms with Gasteiger partial charge in [-0.3, -0.25) is 5.43 Å². The van der Waals surface area contributed by atoms with Crippen LogP contribution < -0.4 is 11.2 Å². The van der Waals surface area contributed by atoms with E-state index < -0.39 is 0 Å². The highest BCUT2D eigenvalue weighted by molar-refractivity contribution is 7.80. The van der Waals surface area contributed by atoms with Crippen molar-refractivity contribution in [2.45, 2.75) is 46.5 Å². The molecule has 19 heavy (non-hydrogen) atoms. The number of nitrogens with zero attached hydrogens (tertiary/aromatic N) is 1. The number of allylic oxidation sites excluding steroid dienone is 4. The topological polar surface area (TPSA) is 50.4 Å². The van der Waals surface area contributed by atoms with Gasteiger partial charge in [-0.1, -0.05) is 30.2 Å². The molecule has 0 bridgehead atoms. The lowest BCUT2D eigenvalue weighted by atomic mass is 9.80. The lowest BCUT2D eigenvalue weighted by Crippen LogP contribution is -2.26. The minimum Gasteiger partial charge on any atom is -0.375 e. The molecule has 3 nitrogen and oxygen atoms in total. The Kier molecular flexibility index (Phi) is 6.78. The van der Waals surface area contributed by atoms with E-state index in [1.54, 1.807) is 5.57 Å². The van der Waals surface area contributed by atoms with Crippen LogP contribution in [0.5, 0.6) is 0 Å². The Morgan fingerprint density at radius 1 is 1.58 bits per heavy atom. The molecular formula is C15H25N3S. The van der Waals surface area contributed by atoms with Crippen molar-refractivity contribution in [3.63, 3.8) is 0 Å². The number of hydrogen-bond acceptors (Lipinski definition) is 2. The molecule has 0 heterocycles. The molecule has 3 N–H and O–H groups in total. The van der Waals surface area contributed by atoms with Gasteiger partial charge in [0.2, 0.25) is 0 Å². The van der Waals surface area contributed by atoms with E-state index in [0.29, 0.717) is 11.8 Å². The molecule has 106 valence electrons. The summed E-state index contributed by atoms with van der Waals surface area (Å²) in [6, 6.07) is 0. The highest BCUT2D eigenvalue weighted by Crippen LogP contribution is 2.30. The quantitative estimate of drug-likeness (QED) is 0.350. The fourth-order valence-electron chi connectivity index (χ4n) is 2.34.